The Morgan fingerprint density at radius 3 is 2.26 bits per heavy atom. The highest BCUT2D eigenvalue weighted by atomic mass is 16.5. The van der Waals surface area contributed by atoms with Gasteiger partial charge in [-0.3, -0.25) is 4.79 Å². The largest absolute Gasteiger partial charge is 0.474 e. The first-order valence-corrected chi connectivity index (χ1v) is 9.24. The molecule has 2 fully saturated rings. The maximum Gasteiger partial charge on any atom is 0.337 e. The number of hydrogen-bond donors (Lipinski definition) is 0. The lowest BCUT2D eigenvalue weighted by molar-refractivity contribution is 0.0347. The van der Waals surface area contributed by atoms with E-state index in [2.05, 4.69) is 4.98 Å². The number of esters is 1. The summed E-state index contributed by atoms with van der Waals surface area (Å²) in [6, 6.07) is 12.7. The average Bonchev–Trinajstić information content (AvgIpc) is 2.98. The summed E-state index contributed by atoms with van der Waals surface area (Å²) in [6.07, 6.45) is 5.44. The van der Waals surface area contributed by atoms with Gasteiger partial charge in [0.15, 0.2) is 0 Å². The predicted molar refractivity (Wildman–Crippen MR) is 98.6 cm³/mol. The summed E-state index contributed by atoms with van der Waals surface area (Å²) in [6.45, 7) is 0. The quantitative estimate of drug-likeness (QED) is 0.778. The summed E-state index contributed by atoms with van der Waals surface area (Å²) >= 11 is 0. The van der Waals surface area contributed by atoms with Crippen molar-refractivity contribution in [3.8, 4) is 5.88 Å². The van der Waals surface area contributed by atoms with E-state index >= 15 is 0 Å². The van der Waals surface area contributed by atoms with Gasteiger partial charge in [-0.1, -0.05) is 6.07 Å². The molecule has 2 bridgehead atoms. The third-order valence-corrected chi connectivity index (χ3v) is 5.40. The average molecular weight is 366 g/mol. The lowest BCUT2D eigenvalue weighted by atomic mass is 9.98. The number of ether oxygens (including phenoxy) is 2. The monoisotopic (exact) mass is 366 g/mol. The Morgan fingerprint density at radius 1 is 1.00 bits per heavy atom. The molecule has 0 unspecified atom stereocenters. The second-order valence-corrected chi connectivity index (χ2v) is 7.05. The van der Waals surface area contributed by atoms with Gasteiger partial charge in [0.05, 0.1) is 12.7 Å². The van der Waals surface area contributed by atoms with Crippen molar-refractivity contribution >= 4 is 11.9 Å². The number of carbonyl (C=O) groups is 2. The van der Waals surface area contributed by atoms with Crippen molar-refractivity contribution < 1.29 is 19.1 Å². The summed E-state index contributed by atoms with van der Waals surface area (Å²) in [5.74, 6) is 0.261. The van der Waals surface area contributed by atoms with Gasteiger partial charge in [0.1, 0.15) is 6.10 Å². The zero-order valence-corrected chi connectivity index (χ0v) is 15.2. The highest BCUT2D eigenvalue weighted by Crippen LogP contribution is 2.38. The summed E-state index contributed by atoms with van der Waals surface area (Å²) in [5, 5.41) is 0. The van der Waals surface area contributed by atoms with E-state index in [0.717, 1.165) is 25.7 Å². The van der Waals surface area contributed by atoms with Gasteiger partial charge in [0, 0.05) is 42.8 Å². The number of amides is 1. The Kier molecular flexibility index (Phi) is 4.79. The van der Waals surface area contributed by atoms with Gasteiger partial charge < -0.3 is 14.4 Å². The predicted octanol–water partition coefficient (Wildman–Crippen LogP) is 3.08. The topological polar surface area (TPSA) is 68.7 Å². The molecule has 2 aliphatic rings. The minimum Gasteiger partial charge on any atom is -0.474 e. The molecule has 140 valence electrons. The van der Waals surface area contributed by atoms with Crippen LogP contribution in [0.3, 0.4) is 0 Å². The fourth-order valence-electron chi connectivity index (χ4n) is 4.16. The van der Waals surface area contributed by atoms with E-state index in [0.29, 0.717) is 17.0 Å². The van der Waals surface area contributed by atoms with Gasteiger partial charge in [0.25, 0.3) is 5.91 Å². The fraction of sp³-hybridized carbons (Fsp3) is 0.381. The molecule has 4 rings (SSSR count). The van der Waals surface area contributed by atoms with E-state index < -0.39 is 5.97 Å². The standard InChI is InChI=1S/C21H22N2O4/c1-26-21(25)15-7-5-14(6-8-15)20(24)23-16-9-10-17(23)13-18(12-16)27-19-4-2-3-11-22-19/h2-8,11,16-18H,9-10,12-13H2,1H3/t16-,17-/m0/s1. The molecule has 2 saturated heterocycles. The van der Waals surface area contributed by atoms with E-state index in [9.17, 15) is 9.59 Å². The Bertz CT molecular complexity index is 808. The fourth-order valence-corrected chi connectivity index (χ4v) is 4.16. The van der Waals surface area contributed by atoms with Gasteiger partial charge in [-0.05, 0) is 43.2 Å². The number of hydrogen-bond acceptors (Lipinski definition) is 5. The van der Waals surface area contributed by atoms with Crippen molar-refractivity contribution in [1.29, 1.82) is 0 Å². The Hall–Kier alpha value is -2.89. The lowest BCUT2D eigenvalue weighted by Crippen LogP contribution is -2.49. The SMILES string of the molecule is COC(=O)c1ccc(C(=O)N2[C@H]3CC[C@H]2CC(Oc2ccccn2)C3)cc1. The number of nitrogens with zero attached hydrogens (tertiary/aromatic N) is 2. The summed E-state index contributed by atoms with van der Waals surface area (Å²) in [7, 11) is 1.34. The van der Waals surface area contributed by atoms with Crippen LogP contribution in [-0.4, -0.2) is 47.1 Å². The van der Waals surface area contributed by atoms with Crippen molar-refractivity contribution in [2.45, 2.75) is 43.9 Å². The molecular weight excluding hydrogens is 344 g/mol. The minimum absolute atomic E-state index is 0.0233. The van der Waals surface area contributed by atoms with Crippen molar-refractivity contribution in [1.82, 2.24) is 9.88 Å². The van der Waals surface area contributed by atoms with E-state index in [4.69, 9.17) is 9.47 Å². The van der Waals surface area contributed by atoms with Crippen LogP contribution < -0.4 is 4.74 Å². The number of aromatic nitrogens is 1. The van der Waals surface area contributed by atoms with Crippen LogP contribution in [-0.2, 0) is 4.74 Å². The third-order valence-electron chi connectivity index (χ3n) is 5.40. The number of methoxy groups -OCH3 is 1. The molecule has 2 aliphatic heterocycles. The number of benzene rings is 1. The lowest BCUT2D eigenvalue weighted by Gasteiger charge is -2.38. The smallest absolute Gasteiger partial charge is 0.337 e. The zero-order chi connectivity index (χ0) is 18.8. The number of rotatable bonds is 4. The molecule has 6 nitrogen and oxygen atoms in total. The summed E-state index contributed by atoms with van der Waals surface area (Å²) < 4.78 is 10.7. The maximum absolute atomic E-state index is 13.0. The van der Waals surface area contributed by atoms with E-state index in [1.54, 1.807) is 30.5 Å². The highest BCUT2D eigenvalue weighted by Gasteiger charge is 2.44. The van der Waals surface area contributed by atoms with Crippen LogP contribution in [0.25, 0.3) is 0 Å². The highest BCUT2D eigenvalue weighted by molar-refractivity contribution is 5.96. The molecule has 2 atom stereocenters. The second-order valence-electron chi connectivity index (χ2n) is 7.05. The first-order chi connectivity index (χ1) is 13.2. The van der Waals surface area contributed by atoms with Gasteiger partial charge in [-0.2, -0.15) is 0 Å². The Balaban J connectivity index is 1.44. The van der Waals surface area contributed by atoms with Crippen molar-refractivity contribution in [3.05, 3.63) is 59.8 Å². The van der Waals surface area contributed by atoms with E-state index in [1.165, 1.54) is 7.11 Å². The third kappa shape index (κ3) is 3.52. The van der Waals surface area contributed by atoms with Crippen molar-refractivity contribution in [3.63, 3.8) is 0 Å². The molecule has 6 heteroatoms. The van der Waals surface area contributed by atoms with E-state index in [1.807, 2.05) is 23.1 Å². The summed E-state index contributed by atoms with van der Waals surface area (Å²) in [5.41, 5.74) is 1.04. The van der Waals surface area contributed by atoms with E-state index in [-0.39, 0.29) is 24.1 Å². The van der Waals surface area contributed by atoms with Gasteiger partial charge in [-0.25, -0.2) is 9.78 Å². The zero-order valence-electron chi connectivity index (χ0n) is 15.2. The molecule has 1 aromatic carbocycles. The summed E-state index contributed by atoms with van der Waals surface area (Å²) in [4.78, 5) is 30.8. The number of piperidine rings is 1. The van der Waals surface area contributed by atoms with Gasteiger partial charge >= 0.3 is 5.97 Å². The van der Waals surface area contributed by atoms with Crippen LogP contribution in [0.4, 0.5) is 0 Å². The molecule has 27 heavy (non-hydrogen) atoms. The van der Waals surface area contributed by atoms with Crippen LogP contribution in [0.5, 0.6) is 5.88 Å². The van der Waals surface area contributed by atoms with Crippen LogP contribution in [0.15, 0.2) is 48.7 Å². The van der Waals surface area contributed by atoms with Gasteiger partial charge in [-0.15, -0.1) is 0 Å². The molecule has 3 heterocycles. The normalized spacial score (nSPS) is 23.7. The molecule has 0 saturated carbocycles. The van der Waals surface area contributed by atoms with Crippen LogP contribution >= 0.6 is 0 Å². The van der Waals surface area contributed by atoms with Crippen LogP contribution in [0, 0.1) is 0 Å². The van der Waals surface area contributed by atoms with Crippen molar-refractivity contribution in [2.75, 3.05) is 7.11 Å². The number of pyridine rings is 1. The Morgan fingerprint density at radius 2 is 1.67 bits per heavy atom. The molecule has 1 aromatic heterocycles. The number of fused-ring (bicyclic) bond motifs is 2. The molecular formula is C21H22N2O4. The molecule has 2 aromatic rings. The van der Waals surface area contributed by atoms with Crippen LogP contribution in [0.1, 0.15) is 46.4 Å². The number of carbonyl (C=O) groups excluding carboxylic acids is 2. The Labute approximate surface area is 158 Å². The second kappa shape index (κ2) is 7.39. The molecule has 0 aliphatic carbocycles. The van der Waals surface area contributed by atoms with Crippen LogP contribution in [0.2, 0.25) is 0 Å². The molecule has 1 amide bonds. The maximum atomic E-state index is 13.0. The van der Waals surface area contributed by atoms with Gasteiger partial charge in [0.2, 0.25) is 5.88 Å². The molecule has 0 spiro atoms. The first kappa shape index (κ1) is 17.5. The van der Waals surface area contributed by atoms with Crippen molar-refractivity contribution in [2.24, 2.45) is 0 Å². The minimum atomic E-state index is -0.401. The molecule has 0 radical (unpaired) electrons. The first-order valence-electron chi connectivity index (χ1n) is 9.24. The molecule has 0 N–H and O–H groups in total.